The topological polar surface area (TPSA) is 94.0 Å². The smallest absolute Gasteiger partial charge is 0.303 e. The number of rotatable bonds is 6. The van der Waals surface area contributed by atoms with Crippen molar-refractivity contribution in [1.82, 2.24) is 15.0 Å². The van der Waals surface area contributed by atoms with E-state index in [9.17, 15) is 4.79 Å². The molecule has 1 unspecified atom stereocenters. The molecule has 3 N–H and O–H groups in total. The van der Waals surface area contributed by atoms with E-state index in [1.807, 2.05) is 6.20 Å². The molecule has 0 radical (unpaired) electrons. The molecule has 1 aromatic heterocycles. The van der Waals surface area contributed by atoms with Crippen LogP contribution in [0.2, 0.25) is 0 Å². The molecule has 1 saturated carbocycles. The number of carbonyl (C=O) groups is 1. The predicted octanol–water partition coefficient (Wildman–Crippen LogP) is 0.553. The highest BCUT2D eigenvalue weighted by molar-refractivity contribution is 5.66. The molecule has 1 atom stereocenters. The van der Waals surface area contributed by atoms with Crippen LogP contribution in [0.1, 0.15) is 37.4 Å². The molecule has 1 fully saturated rings. The molecular formula is C10H16N4O2. The van der Waals surface area contributed by atoms with Crippen LogP contribution in [-0.2, 0) is 11.3 Å². The minimum absolute atomic E-state index is 0.0661. The first-order valence-electron chi connectivity index (χ1n) is 5.52. The molecule has 0 spiro atoms. The predicted molar refractivity (Wildman–Crippen MR) is 56.5 cm³/mol. The minimum Gasteiger partial charge on any atom is -0.481 e. The second-order valence-corrected chi connectivity index (χ2v) is 4.35. The molecule has 0 bridgehead atoms. The third kappa shape index (κ3) is 3.03. The van der Waals surface area contributed by atoms with Gasteiger partial charge in [0, 0.05) is 13.0 Å². The normalized spacial score (nSPS) is 17.3. The monoisotopic (exact) mass is 224 g/mol. The van der Waals surface area contributed by atoms with Crippen LogP contribution < -0.4 is 5.73 Å². The zero-order chi connectivity index (χ0) is 11.5. The van der Waals surface area contributed by atoms with Crippen LogP contribution in [0.5, 0.6) is 0 Å². The highest BCUT2D eigenvalue weighted by atomic mass is 16.4. The van der Waals surface area contributed by atoms with Crippen LogP contribution in [0.25, 0.3) is 0 Å². The van der Waals surface area contributed by atoms with Gasteiger partial charge >= 0.3 is 5.97 Å². The van der Waals surface area contributed by atoms with Gasteiger partial charge < -0.3 is 10.8 Å². The Bertz CT molecular complexity index is 373. The maximum absolute atomic E-state index is 10.4. The van der Waals surface area contributed by atoms with Crippen LogP contribution >= 0.6 is 0 Å². The largest absolute Gasteiger partial charge is 0.481 e. The van der Waals surface area contributed by atoms with Crippen molar-refractivity contribution in [3.63, 3.8) is 0 Å². The van der Waals surface area contributed by atoms with Gasteiger partial charge in [0.05, 0.1) is 17.9 Å². The van der Waals surface area contributed by atoms with Crippen LogP contribution in [0.3, 0.4) is 0 Å². The molecule has 1 aromatic rings. The Morgan fingerprint density at radius 1 is 1.69 bits per heavy atom. The van der Waals surface area contributed by atoms with Crippen molar-refractivity contribution >= 4 is 5.97 Å². The van der Waals surface area contributed by atoms with E-state index < -0.39 is 5.97 Å². The van der Waals surface area contributed by atoms with Crippen molar-refractivity contribution in [2.24, 2.45) is 11.7 Å². The number of hydrogen-bond donors (Lipinski definition) is 2. The summed E-state index contributed by atoms with van der Waals surface area (Å²) < 4.78 is 1.80. The van der Waals surface area contributed by atoms with Gasteiger partial charge in [0.1, 0.15) is 0 Å². The summed E-state index contributed by atoms with van der Waals surface area (Å²) in [7, 11) is 0. The lowest BCUT2D eigenvalue weighted by atomic mass is 10.1. The molecule has 16 heavy (non-hydrogen) atoms. The number of carboxylic acids is 1. The van der Waals surface area contributed by atoms with Crippen molar-refractivity contribution in [2.45, 2.75) is 38.3 Å². The average molecular weight is 224 g/mol. The number of hydrogen-bond acceptors (Lipinski definition) is 4. The SMILES string of the molecule is NC(CCC(=O)O)c1cn(CC2CC2)nn1. The van der Waals surface area contributed by atoms with Crippen molar-refractivity contribution in [3.8, 4) is 0 Å². The van der Waals surface area contributed by atoms with Gasteiger partial charge in [0.25, 0.3) is 0 Å². The Balaban J connectivity index is 1.86. The summed E-state index contributed by atoms with van der Waals surface area (Å²) in [5.41, 5.74) is 6.51. The zero-order valence-corrected chi connectivity index (χ0v) is 9.04. The van der Waals surface area contributed by atoms with E-state index in [4.69, 9.17) is 10.8 Å². The first-order valence-corrected chi connectivity index (χ1v) is 5.52. The van der Waals surface area contributed by atoms with E-state index in [2.05, 4.69) is 10.3 Å². The quantitative estimate of drug-likeness (QED) is 0.736. The van der Waals surface area contributed by atoms with Gasteiger partial charge in [-0.05, 0) is 25.2 Å². The standard InChI is InChI=1S/C10H16N4O2/c11-8(3-4-10(15)16)9-6-14(13-12-9)5-7-1-2-7/h6-8H,1-5,11H2,(H,15,16). The van der Waals surface area contributed by atoms with Crippen molar-refractivity contribution in [3.05, 3.63) is 11.9 Å². The molecule has 88 valence electrons. The average Bonchev–Trinajstić information content (AvgIpc) is 2.91. The second kappa shape index (κ2) is 4.61. The molecule has 0 saturated heterocycles. The number of nitrogens with zero attached hydrogens (tertiary/aromatic N) is 3. The van der Waals surface area contributed by atoms with E-state index in [-0.39, 0.29) is 12.5 Å². The summed E-state index contributed by atoms with van der Waals surface area (Å²) in [5.74, 6) is -0.0920. The van der Waals surface area contributed by atoms with E-state index in [1.54, 1.807) is 4.68 Å². The third-order valence-electron chi connectivity index (χ3n) is 2.75. The lowest BCUT2D eigenvalue weighted by Crippen LogP contribution is -2.12. The zero-order valence-electron chi connectivity index (χ0n) is 9.04. The highest BCUT2D eigenvalue weighted by Gasteiger charge is 2.22. The summed E-state index contributed by atoms with van der Waals surface area (Å²) in [5, 5.41) is 16.5. The third-order valence-corrected chi connectivity index (χ3v) is 2.75. The highest BCUT2D eigenvalue weighted by Crippen LogP contribution is 2.30. The summed E-state index contributed by atoms with van der Waals surface area (Å²) >= 11 is 0. The number of nitrogens with two attached hydrogens (primary N) is 1. The molecular weight excluding hydrogens is 208 g/mol. The lowest BCUT2D eigenvalue weighted by molar-refractivity contribution is -0.137. The molecule has 0 aliphatic heterocycles. The molecule has 0 aromatic carbocycles. The molecule has 1 aliphatic carbocycles. The van der Waals surface area contributed by atoms with Crippen LogP contribution in [-0.4, -0.2) is 26.1 Å². The summed E-state index contributed by atoms with van der Waals surface area (Å²) in [6.07, 6.45) is 4.82. The minimum atomic E-state index is -0.833. The maximum Gasteiger partial charge on any atom is 0.303 e. The molecule has 1 heterocycles. The summed E-state index contributed by atoms with van der Waals surface area (Å²) in [6.45, 7) is 0.901. The number of aromatic nitrogens is 3. The van der Waals surface area contributed by atoms with Gasteiger partial charge in [-0.1, -0.05) is 5.21 Å². The van der Waals surface area contributed by atoms with Crippen molar-refractivity contribution < 1.29 is 9.90 Å². The van der Waals surface area contributed by atoms with Crippen molar-refractivity contribution in [1.29, 1.82) is 0 Å². The maximum atomic E-state index is 10.4. The Hall–Kier alpha value is -1.43. The summed E-state index contributed by atoms with van der Waals surface area (Å²) in [4.78, 5) is 10.4. The molecule has 2 rings (SSSR count). The fourth-order valence-corrected chi connectivity index (χ4v) is 1.56. The Morgan fingerprint density at radius 2 is 2.44 bits per heavy atom. The fraction of sp³-hybridized carbons (Fsp3) is 0.700. The van der Waals surface area contributed by atoms with Gasteiger partial charge in [-0.25, -0.2) is 0 Å². The molecule has 0 amide bonds. The van der Waals surface area contributed by atoms with E-state index in [0.717, 1.165) is 12.5 Å². The molecule has 6 heteroatoms. The lowest BCUT2D eigenvalue weighted by Gasteiger charge is -2.04. The molecule has 6 nitrogen and oxygen atoms in total. The first-order chi connectivity index (χ1) is 7.65. The fourth-order valence-electron chi connectivity index (χ4n) is 1.56. The van der Waals surface area contributed by atoms with Gasteiger partial charge in [0.15, 0.2) is 0 Å². The van der Waals surface area contributed by atoms with Crippen LogP contribution in [0, 0.1) is 5.92 Å². The molecule has 1 aliphatic rings. The first kappa shape index (κ1) is 11.1. The van der Waals surface area contributed by atoms with Gasteiger partial charge in [0.2, 0.25) is 0 Å². The Kier molecular flexibility index (Phi) is 3.19. The van der Waals surface area contributed by atoms with Crippen LogP contribution in [0.15, 0.2) is 6.20 Å². The van der Waals surface area contributed by atoms with Crippen LogP contribution in [0.4, 0.5) is 0 Å². The summed E-state index contributed by atoms with van der Waals surface area (Å²) in [6, 6.07) is -0.330. The number of carboxylic acid groups (broad SMARTS) is 1. The second-order valence-electron chi connectivity index (χ2n) is 4.35. The van der Waals surface area contributed by atoms with Gasteiger partial charge in [-0.3, -0.25) is 9.48 Å². The van der Waals surface area contributed by atoms with E-state index >= 15 is 0 Å². The number of aliphatic carboxylic acids is 1. The van der Waals surface area contributed by atoms with E-state index in [0.29, 0.717) is 12.1 Å². The Morgan fingerprint density at radius 3 is 3.06 bits per heavy atom. The van der Waals surface area contributed by atoms with Crippen molar-refractivity contribution in [2.75, 3.05) is 0 Å². The van der Waals surface area contributed by atoms with Gasteiger partial charge in [-0.2, -0.15) is 0 Å². The van der Waals surface area contributed by atoms with Gasteiger partial charge in [-0.15, -0.1) is 5.10 Å². The Labute approximate surface area is 93.4 Å². The van der Waals surface area contributed by atoms with E-state index in [1.165, 1.54) is 12.8 Å².